The van der Waals surface area contributed by atoms with E-state index in [1.807, 2.05) is 56.4 Å². The van der Waals surface area contributed by atoms with Crippen molar-refractivity contribution in [3.05, 3.63) is 114 Å². The molecule has 0 radical (unpaired) electrons. The van der Waals surface area contributed by atoms with Gasteiger partial charge in [0, 0.05) is 49.2 Å². The highest BCUT2D eigenvalue weighted by atomic mass is 16.5. The van der Waals surface area contributed by atoms with Crippen LogP contribution in [-0.4, -0.2) is 70.6 Å². The number of aliphatic hydroxyl groups is 1. The van der Waals surface area contributed by atoms with Crippen LogP contribution in [0.25, 0.3) is 0 Å². The van der Waals surface area contributed by atoms with Gasteiger partial charge in [-0.3, -0.25) is 19.5 Å². The zero-order valence-corrected chi connectivity index (χ0v) is 25.2. The van der Waals surface area contributed by atoms with Crippen molar-refractivity contribution in [3.63, 3.8) is 0 Å². The maximum absolute atomic E-state index is 13.7. The van der Waals surface area contributed by atoms with Gasteiger partial charge < -0.3 is 24.8 Å². The number of ether oxygens (including phenoxy) is 2. The Balaban J connectivity index is 1.31. The second-order valence-corrected chi connectivity index (χ2v) is 11.3. The Bertz CT molecular complexity index is 1550. The Kier molecular flexibility index (Phi) is 9.89. The average Bonchev–Trinajstić information content (AvgIpc) is 3.04. The number of carbonyl (C=O) groups excluding carboxylic acids is 2. The number of carbonyl (C=O) groups is 2. The molecule has 3 aromatic carbocycles. The molecule has 5 rings (SSSR count). The van der Waals surface area contributed by atoms with E-state index >= 15 is 0 Å². The third-order valence-electron chi connectivity index (χ3n) is 7.71. The lowest BCUT2D eigenvalue weighted by atomic mass is 9.99. The first kappa shape index (κ1) is 30.7. The largest absolute Gasteiger partial charge is 0.488 e. The molecule has 0 aliphatic carbocycles. The first-order valence-corrected chi connectivity index (χ1v) is 14.7. The van der Waals surface area contributed by atoms with E-state index in [2.05, 4.69) is 34.3 Å². The lowest BCUT2D eigenvalue weighted by Crippen LogP contribution is -2.49. The molecule has 1 aliphatic rings. The first-order valence-electron chi connectivity index (χ1n) is 14.7. The summed E-state index contributed by atoms with van der Waals surface area (Å²) in [6.45, 7) is 5.44. The van der Waals surface area contributed by atoms with E-state index in [1.54, 1.807) is 47.6 Å². The first-order chi connectivity index (χ1) is 21.3. The van der Waals surface area contributed by atoms with Crippen LogP contribution in [0.2, 0.25) is 0 Å². The molecule has 3 atom stereocenters. The molecule has 228 valence electrons. The second-order valence-electron chi connectivity index (χ2n) is 11.3. The molecule has 2 heterocycles. The standard InChI is InChI=1S/C35H38N4O5/c1-24-20-39(25(2)23-40)35(42)31-19-28(37-34(41)27-15-17-36-18-16-27)11-14-32(31)44-33(24)22-38(3)21-26-9-12-30(13-10-26)43-29-7-5-4-6-8-29/h4-19,24-25,33,40H,20-23H2,1-3H3,(H,37,41)/t24-,25+,33-/m1/s1. The van der Waals surface area contributed by atoms with Crippen molar-refractivity contribution in [1.29, 1.82) is 0 Å². The zero-order chi connectivity index (χ0) is 31.1. The van der Waals surface area contributed by atoms with Crippen LogP contribution in [-0.2, 0) is 6.54 Å². The zero-order valence-electron chi connectivity index (χ0n) is 25.2. The van der Waals surface area contributed by atoms with Crippen molar-refractivity contribution in [2.24, 2.45) is 5.92 Å². The molecule has 1 aromatic heterocycles. The summed E-state index contributed by atoms with van der Waals surface area (Å²) in [6, 6.07) is 25.7. The molecular weight excluding hydrogens is 556 g/mol. The van der Waals surface area contributed by atoms with Gasteiger partial charge in [-0.05, 0) is 74.1 Å². The predicted octanol–water partition coefficient (Wildman–Crippen LogP) is 5.48. The number of likely N-dealkylation sites (N-methyl/N-ethyl adjacent to an activating group) is 1. The normalized spacial score (nSPS) is 17.2. The molecule has 0 saturated carbocycles. The second kappa shape index (κ2) is 14.2. The summed E-state index contributed by atoms with van der Waals surface area (Å²) in [5.74, 6) is 1.43. The molecule has 0 spiro atoms. The Morgan fingerprint density at radius 3 is 2.48 bits per heavy atom. The molecule has 44 heavy (non-hydrogen) atoms. The third-order valence-corrected chi connectivity index (χ3v) is 7.71. The fourth-order valence-corrected chi connectivity index (χ4v) is 5.20. The highest BCUT2D eigenvalue weighted by Gasteiger charge is 2.33. The van der Waals surface area contributed by atoms with Crippen molar-refractivity contribution >= 4 is 17.5 Å². The van der Waals surface area contributed by atoms with Gasteiger partial charge in [0.1, 0.15) is 23.4 Å². The van der Waals surface area contributed by atoms with Gasteiger partial charge in [-0.2, -0.15) is 0 Å². The number of rotatable bonds is 10. The number of aromatic nitrogens is 1. The Morgan fingerprint density at radius 1 is 1.07 bits per heavy atom. The van der Waals surface area contributed by atoms with Crippen LogP contribution in [0.4, 0.5) is 5.69 Å². The number of anilines is 1. The number of hydrogen-bond acceptors (Lipinski definition) is 7. The van der Waals surface area contributed by atoms with Crippen LogP contribution in [0.5, 0.6) is 17.2 Å². The molecule has 2 N–H and O–H groups in total. The van der Waals surface area contributed by atoms with E-state index in [4.69, 9.17) is 9.47 Å². The number of nitrogens with zero attached hydrogens (tertiary/aromatic N) is 3. The number of benzene rings is 3. The molecule has 9 heteroatoms. The summed E-state index contributed by atoms with van der Waals surface area (Å²) in [5, 5.41) is 12.8. The SMILES string of the molecule is C[C@@H]1CN([C@@H](C)CO)C(=O)c2cc(NC(=O)c3ccncc3)ccc2O[C@@H]1CN(C)Cc1ccc(Oc2ccccc2)cc1. The Morgan fingerprint density at radius 2 is 1.77 bits per heavy atom. The number of aliphatic hydroxyl groups excluding tert-OH is 1. The summed E-state index contributed by atoms with van der Waals surface area (Å²) in [6.07, 6.45) is 2.86. The van der Waals surface area contributed by atoms with Gasteiger partial charge in [0.25, 0.3) is 11.8 Å². The van der Waals surface area contributed by atoms with Crippen molar-refractivity contribution < 1.29 is 24.2 Å². The molecule has 9 nitrogen and oxygen atoms in total. The lowest BCUT2D eigenvalue weighted by Gasteiger charge is -2.38. The van der Waals surface area contributed by atoms with E-state index in [9.17, 15) is 14.7 Å². The highest BCUT2D eigenvalue weighted by Crippen LogP contribution is 2.31. The van der Waals surface area contributed by atoms with Crippen LogP contribution < -0.4 is 14.8 Å². The van der Waals surface area contributed by atoms with Crippen LogP contribution in [0.1, 0.15) is 40.1 Å². The van der Waals surface area contributed by atoms with E-state index in [-0.39, 0.29) is 36.5 Å². The average molecular weight is 595 g/mol. The van der Waals surface area contributed by atoms with Gasteiger partial charge in [-0.25, -0.2) is 0 Å². The molecular formula is C35H38N4O5. The van der Waals surface area contributed by atoms with Gasteiger partial charge in [0.2, 0.25) is 0 Å². The van der Waals surface area contributed by atoms with Gasteiger partial charge in [-0.15, -0.1) is 0 Å². The molecule has 1 aliphatic heterocycles. The van der Waals surface area contributed by atoms with Gasteiger partial charge in [-0.1, -0.05) is 37.3 Å². The Labute approximate surface area is 258 Å². The summed E-state index contributed by atoms with van der Waals surface area (Å²) in [4.78, 5) is 34.4. The maximum Gasteiger partial charge on any atom is 0.258 e. The molecule has 0 fully saturated rings. The minimum atomic E-state index is -0.388. The molecule has 0 unspecified atom stereocenters. The van der Waals surface area contributed by atoms with Crippen molar-refractivity contribution in [1.82, 2.24) is 14.8 Å². The number of fused-ring (bicyclic) bond motifs is 1. The summed E-state index contributed by atoms with van der Waals surface area (Å²) in [7, 11) is 2.04. The van der Waals surface area contributed by atoms with Crippen LogP contribution in [0.3, 0.4) is 0 Å². The fourth-order valence-electron chi connectivity index (χ4n) is 5.20. The van der Waals surface area contributed by atoms with Crippen molar-refractivity contribution in [2.75, 3.05) is 32.1 Å². The van der Waals surface area contributed by atoms with Gasteiger partial charge in [0.15, 0.2) is 0 Å². The Hall–Kier alpha value is -4.73. The maximum atomic E-state index is 13.7. The molecule has 2 amide bonds. The number of para-hydroxylation sites is 1. The van der Waals surface area contributed by atoms with Crippen LogP contribution >= 0.6 is 0 Å². The third kappa shape index (κ3) is 7.61. The number of hydrogen-bond donors (Lipinski definition) is 2. The molecule has 0 bridgehead atoms. The van der Waals surface area contributed by atoms with E-state index in [0.29, 0.717) is 42.2 Å². The lowest BCUT2D eigenvalue weighted by molar-refractivity contribution is 0.0341. The number of pyridine rings is 1. The van der Waals surface area contributed by atoms with E-state index < -0.39 is 0 Å². The quantitative estimate of drug-likeness (QED) is 0.251. The van der Waals surface area contributed by atoms with E-state index in [0.717, 1.165) is 17.1 Å². The number of amides is 2. The summed E-state index contributed by atoms with van der Waals surface area (Å²) < 4.78 is 12.5. The fraction of sp³-hybridized carbons (Fsp3) is 0.286. The van der Waals surface area contributed by atoms with Crippen molar-refractivity contribution in [2.45, 2.75) is 32.5 Å². The van der Waals surface area contributed by atoms with Gasteiger partial charge in [0.05, 0.1) is 18.2 Å². The topological polar surface area (TPSA) is 104 Å². The number of nitrogens with one attached hydrogen (secondary N) is 1. The smallest absolute Gasteiger partial charge is 0.258 e. The molecule has 0 saturated heterocycles. The molecule has 4 aromatic rings. The minimum Gasteiger partial charge on any atom is -0.488 e. The van der Waals surface area contributed by atoms with E-state index in [1.165, 1.54) is 0 Å². The monoisotopic (exact) mass is 594 g/mol. The summed E-state index contributed by atoms with van der Waals surface area (Å²) >= 11 is 0. The van der Waals surface area contributed by atoms with Crippen molar-refractivity contribution in [3.8, 4) is 17.2 Å². The predicted molar refractivity (Wildman–Crippen MR) is 169 cm³/mol. The van der Waals surface area contributed by atoms with Crippen LogP contribution in [0.15, 0.2) is 97.3 Å². The van der Waals surface area contributed by atoms with Crippen LogP contribution in [0, 0.1) is 5.92 Å². The summed E-state index contributed by atoms with van der Waals surface area (Å²) in [5.41, 5.74) is 2.40. The highest BCUT2D eigenvalue weighted by molar-refractivity contribution is 6.05. The minimum absolute atomic E-state index is 0.0173. The van der Waals surface area contributed by atoms with Gasteiger partial charge >= 0.3 is 0 Å².